The average molecular weight is 433 g/mol. The first-order valence-electron chi connectivity index (χ1n) is 8.75. The van der Waals surface area contributed by atoms with Gasteiger partial charge in [-0.15, -0.1) is 0 Å². The number of halogens is 2. The molecule has 0 aliphatic heterocycles. The number of nitrogens with two attached hydrogens (primary N) is 2. The van der Waals surface area contributed by atoms with Crippen molar-refractivity contribution >= 4 is 17.5 Å². The summed E-state index contributed by atoms with van der Waals surface area (Å²) in [6.07, 6.45) is -2.03. The van der Waals surface area contributed by atoms with Gasteiger partial charge in [0.1, 0.15) is 23.8 Å². The average Bonchev–Trinajstić information content (AvgIpc) is 2.71. The Kier molecular flexibility index (Phi) is 6.46. The van der Waals surface area contributed by atoms with Gasteiger partial charge in [0, 0.05) is 22.7 Å². The highest BCUT2D eigenvalue weighted by molar-refractivity contribution is 6.30. The fraction of sp³-hybridized carbons (Fsp3) is 0.150. The lowest BCUT2D eigenvalue weighted by Gasteiger charge is -2.17. The molecule has 10 heteroatoms. The second-order valence-corrected chi connectivity index (χ2v) is 6.73. The molecule has 1 aromatic heterocycles. The number of rotatable bonds is 7. The molecule has 3 aromatic rings. The number of nitrogens with zero attached hydrogens (tertiary/aromatic N) is 2. The van der Waals surface area contributed by atoms with Crippen molar-refractivity contribution in [3.63, 3.8) is 0 Å². The fourth-order valence-electron chi connectivity index (χ4n) is 2.36. The standard InChI is InChI=1S/C20H18ClFN4O4/c1-10(18(23)27)29-17-9-15(19(24)28)25-20(26-17)11-2-5-13(6-3-11)30-16-8-12(21)4-7-14(16)22/h2-10,18,27H,23H2,1H3,(H2,24,28). The van der Waals surface area contributed by atoms with Gasteiger partial charge in [-0.1, -0.05) is 11.6 Å². The van der Waals surface area contributed by atoms with E-state index in [4.69, 9.17) is 32.5 Å². The van der Waals surface area contributed by atoms with Crippen molar-refractivity contribution in [3.05, 3.63) is 65.1 Å². The second kappa shape index (κ2) is 9.04. The summed E-state index contributed by atoms with van der Waals surface area (Å²) in [5.74, 6) is -0.831. The van der Waals surface area contributed by atoms with Crippen LogP contribution in [0.15, 0.2) is 48.5 Å². The molecule has 0 saturated carbocycles. The summed E-state index contributed by atoms with van der Waals surface area (Å²) in [5.41, 5.74) is 11.2. The maximum atomic E-state index is 13.8. The molecule has 2 unspecified atom stereocenters. The van der Waals surface area contributed by atoms with Crippen LogP contribution >= 0.6 is 11.6 Å². The van der Waals surface area contributed by atoms with Gasteiger partial charge in [0.25, 0.3) is 5.91 Å². The molecule has 0 aliphatic carbocycles. The first-order valence-corrected chi connectivity index (χ1v) is 9.13. The summed E-state index contributed by atoms with van der Waals surface area (Å²) < 4.78 is 24.8. The van der Waals surface area contributed by atoms with Gasteiger partial charge >= 0.3 is 0 Å². The molecule has 2 aromatic carbocycles. The molecule has 8 nitrogen and oxygen atoms in total. The van der Waals surface area contributed by atoms with Crippen molar-refractivity contribution in [2.45, 2.75) is 19.3 Å². The van der Waals surface area contributed by atoms with Crippen molar-refractivity contribution in [1.82, 2.24) is 9.97 Å². The maximum Gasteiger partial charge on any atom is 0.267 e. The fourth-order valence-corrected chi connectivity index (χ4v) is 2.52. The number of amides is 1. The zero-order valence-corrected chi connectivity index (χ0v) is 16.5. The number of carbonyl (C=O) groups excluding carboxylic acids is 1. The molecular formula is C20H18ClFN4O4. The molecule has 0 saturated heterocycles. The van der Waals surface area contributed by atoms with Crippen molar-refractivity contribution in [1.29, 1.82) is 0 Å². The van der Waals surface area contributed by atoms with Crippen LogP contribution in [0.3, 0.4) is 0 Å². The van der Waals surface area contributed by atoms with Crippen molar-refractivity contribution in [2.24, 2.45) is 11.5 Å². The smallest absolute Gasteiger partial charge is 0.267 e. The number of primary amides is 1. The van der Waals surface area contributed by atoms with Gasteiger partial charge in [0.2, 0.25) is 5.88 Å². The molecular weight excluding hydrogens is 415 g/mol. The largest absolute Gasteiger partial charge is 0.470 e. The van der Waals surface area contributed by atoms with Gasteiger partial charge < -0.3 is 26.0 Å². The molecule has 1 amide bonds. The number of ether oxygens (including phenoxy) is 2. The first-order chi connectivity index (χ1) is 14.2. The number of hydrogen-bond acceptors (Lipinski definition) is 7. The van der Waals surface area contributed by atoms with Crippen LogP contribution in [-0.2, 0) is 0 Å². The molecule has 5 N–H and O–H groups in total. The summed E-state index contributed by atoms with van der Waals surface area (Å²) in [6, 6.07) is 11.6. The normalized spacial score (nSPS) is 12.8. The monoisotopic (exact) mass is 432 g/mol. The lowest BCUT2D eigenvalue weighted by atomic mass is 10.2. The Hall–Kier alpha value is -3.27. The van der Waals surface area contributed by atoms with E-state index in [1.807, 2.05) is 0 Å². The zero-order valence-electron chi connectivity index (χ0n) is 15.8. The molecule has 30 heavy (non-hydrogen) atoms. The van der Waals surface area contributed by atoms with E-state index in [-0.39, 0.29) is 23.1 Å². The maximum absolute atomic E-state index is 13.8. The minimum atomic E-state index is -1.25. The second-order valence-electron chi connectivity index (χ2n) is 6.29. The van der Waals surface area contributed by atoms with E-state index in [0.29, 0.717) is 16.3 Å². The third-order valence-electron chi connectivity index (χ3n) is 3.98. The molecule has 156 valence electrons. The quantitative estimate of drug-likeness (QED) is 0.488. The molecule has 3 rings (SSSR count). The number of aliphatic hydroxyl groups is 1. The van der Waals surface area contributed by atoms with Crippen LogP contribution in [0.5, 0.6) is 17.4 Å². The highest BCUT2D eigenvalue weighted by atomic mass is 35.5. The van der Waals surface area contributed by atoms with Gasteiger partial charge in [-0.3, -0.25) is 4.79 Å². The van der Waals surface area contributed by atoms with E-state index in [9.17, 15) is 14.3 Å². The molecule has 0 spiro atoms. The van der Waals surface area contributed by atoms with Gasteiger partial charge in [-0.2, -0.15) is 4.98 Å². The molecule has 0 fully saturated rings. The lowest BCUT2D eigenvalue weighted by molar-refractivity contribution is 0.0492. The summed E-state index contributed by atoms with van der Waals surface area (Å²) in [6.45, 7) is 1.54. The minimum absolute atomic E-state index is 0.0205. The lowest BCUT2D eigenvalue weighted by Crippen LogP contribution is -2.36. The van der Waals surface area contributed by atoms with Gasteiger partial charge in [0.05, 0.1) is 0 Å². The third kappa shape index (κ3) is 5.20. The van der Waals surface area contributed by atoms with Crippen molar-refractivity contribution in [2.75, 3.05) is 0 Å². The molecule has 2 atom stereocenters. The van der Waals surface area contributed by atoms with E-state index in [0.717, 1.165) is 0 Å². The van der Waals surface area contributed by atoms with Crippen molar-refractivity contribution in [3.8, 4) is 28.8 Å². The topological polar surface area (TPSA) is 134 Å². The van der Waals surface area contributed by atoms with Crippen LogP contribution in [0.2, 0.25) is 5.02 Å². The Bertz CT molecular complexity index is 1060. The summed E-state index contributed by atoms with van der Waals surface area (Å²) in [7, 11) is 0. The SMILES string of the molecule is CC(Oc1cc(C(N)=O)nc(-c2ccc(Oc3cc(Cl)ccc3F)cc2)n1)C(N)O. The first kappa shape index (κ1) is 21.4. The van der Waals surface area contributed by atoms with Gasteiger partial charge in [0.15, 0.2) is 17.4 Å². The van der Waals surface area contributed by atoms with Crippen LogP contribution in [0.25, 0.3) is 11.4 Å². The van der Waals surface area contributed by atoms with Gasteiger partial charge in [-0.05, 0) is 43.3 Å². The molecule has 0 aliphatic rings. The highest BCUT2D eigenvalue weighted by Gasteiger charge is 2.16. The number of carbonyl (C=O) groups is 1. The number of aromatic nitrogens is 2. The molecule has 0 bridgehead atoms. The van der Waals surface area contributed by atoms with E-state index in [1.54, 1.807) is 24.3 Å². The van der Waals surface area contributed by atoms with Crippen LogP contribution in [-0.4, -0.2) is 33.3 Å². The number of hydrogen-bond donors (Lipinski definition) is 3. The van der Waals surface area contributed by atoms with Crippen LogP contribution in [0.4, 0.5) is 4.39 Å². The minimum Gasteiger partial charge on any atom is -0.470 e. The van der Waals surface area contributed by atoms with E-state index in [1.165, 1.54) is 31.2 Å². The van der Waals surface area contributed by atoms with Gasteiger partial charge in [-0.25, -0.2) is 9.37 Å². The Morgan fingerprint density at radius 1 is 1.17 bits per heavy atom. The summed E-state index contributed by atoms with van der Waals surface area (Å²) >= 11 is 5.86. The Morgan fingerprint density at radius 2 is 1.87 bits per heavy atom. The number of aliphatic hydroxyl groups excluding tert-OH is 1. The Labute approximate surface area is 176 Å². The highest BCUT2D eigenvalue weighted by Crippen LogP contribution is 2.29. The zero-order chi connectivity index (χ0) is 21.8. The van der Waals surface area contributed by atoms with E-state index >= 15 is 0 Å². The Balaban J connectivity index is 1.88. The summed E-state index contributed by atoms with van der Waals surface area (Å²) in [4.78, 5) is 19.9. The van der Waals surface area contributed by atoms with Crippen LogP contribution in [0.1, 0.15) is 17.4 Å². The predicted molar refractivity (Wildman–Crippen MR) is 108 cm³/mol. The Morgan fingerprint density at radius 3 is 2.50 bits per heavy atom. The third-order valence-corrected chi connectivity index (χ3v) is 4.21. The van der Waals surface area contributed by atoms with E-state index < -0.39 is 24.1 Å². The molecule has 1 heterocycles. The van der Waals surface area contributed by atoms with E-state index in [2.05, 4.69) is 9.97 Å². The molecule has 0 radical (unpaired) electrons. The number of benzene rings is 2. The van der Waals surface area contributed by atoms with Crippen molar-refractivity contribution < 1.29 is 23.8 Å². The predicted octanol–water partition coefficient (Wildman–Crippen LogP) is 2.87. The van der Waals surface area contributed by atoms with Crippen LogP contribution in [0, 0.1) is 5.82 Å². The van der Waals surface area contributed by atoms with Crippen LogP contribution < -0.4 is 20.9 Å². The summed E-state index contributed by atoms with van der Waals surface area (Å²) in [5, 5.41) is 9.74.